The first-order valence-corrected chi connectivity index (χ1v) is 7.73. The molecule has 1 heterocycles. The van der Waals surface area contributed by atoms with Crippen LogP contribution < -0.4 is 10.6 Å². The molecule has 2 unspecified atom stereocenters. The lowest BCUT2D eigenvalue weighted by Gasteiger charge is -2.35. The van der Waals surface area contributed by atoms with Gasteiger partial charge < -0.3 is 5.32 Å². The highest BCUT2D eigenvalue weighted by Gasteiger charge is 2.50. The molecule has 106 valence electrons. The summed E-state index contributed by atoms with van der Waals surface area (Å²) in [4.78, 5) is 16.8. The Morgan fingerprint density at radius 3 is 2.79 bits per heavy atom. The number of nitrogens with zero attached hydrogens (tertiary/aromatic N) is 1. The molecule has 0 radical (unpaired) electrons. The van der Waals surface area contributed by atoms with Crippen LogP contribution in [0.4, 0.5) is 0 Å². The first kappa shape index (κ1) is 12.9. The fourth-order valence-corrected chi connectivity index (χ4v) is 3.50. The van der Waals surface area contributed by atoms with Gasteiger partial charge in [-0.2, -0.15) is 0 Å². The second-order valence-corrected chi connectivity index (χ2v) is 6.94. The molecule has 4 nitrogen and oxygen atoms in total. The van der Waals surface area contributed by atoms with Gasteiger partial charge >= 0.3 is 0 Å². The highest BCUT2D eigenvalue weighted by atomic mass is 16.2. The van der Waals surface area contributed by atoms with Crippen molar-refractivity contribution in [2.45, 2.75) is 57.9 Å². The molecule has 19 heavy (non-hydrogen) atoms. The highest BCUT2D eigenvalue weighted by Crippen LogP contribution is 2.47. The fourth-order valence-electron chi connectivity index (χ4n) is 3.50. The van der Waals surface area contributed by atoms with Crippen LogP contribution in [0.25, 0.3) is 0 Å². The van der Waals surface area contributed by atoms with Gasteiger partial charge in [0.1, 0.15) is 5.54 Å². The molecule has 2 aliphatic carbocycles. The van der Waals surface area contributed by atoms with Gasteiger partial charge in [0.2, 0.25) is 0 Å². The van der Waals surface area contributed by atoms with E-state index in [9.17, 15) is 4.79 Å². The second-order valence-electron chi connectivity index (χ2n) is 6.94. The van der Waals surface area contributed by atoms with E-state index in [0.29, 0.717) is 11.9 Å². The second kappa shape index (κ2) is 4.80. The van der Waals surface area contributed by atoms with Gasteiger partial charge in [-0.05, 0) is 49.9 Å². The summed E-state index contributed by atoms with van der Waals surface area (Å²) in [5.41, 5.74) is -0.346. The minimum Gasteiger partial charge on any atom is -0.342 e. The van der Waals surface area contributed by atoms with Crippen LogP contribution in [0.5, 0.6) is 0 Å². The zero-order valence-corrected chi connectivity index (χ0v) is 12.0. The predicted molar refractivity (Wildman–Crippen MR) is 75.8 cm³/mol. The molecule has 2 atom stereocenters. The van der Waals surface area contributed by atoms with E-state index in [0.717, 1.165) is 31.2 Å². The smallest absolute Gasteiger partial charge is 0.252 e. The molecule has 1 saturated heterocycles. The summed E-state index contributed by atoms with van der Waals surface area (Å²) < 4.78 is 0. The van der Waals surface area contributed by atoms with Crippen molar-refractivity contribution in [3.05, 3.63) is 0 Å². The van der Waals surface area contributed by atoms with Crippen molar-refractivity contribution in [2.24, 2.45) is 22.7 Å². The number of aliphatic imine (C=N–C) groups is 1. The Morgan fingerprint density at radius 1 is 1.32 bits per heavy atom. The van der Waals surface area contributed by atoms with Gasteiger partial charge in [0.15, 0.2) is 5.96 Å². The molecule has 1 aliphatic heterocycles. The number of hydrogen-bond donors (Lipinski definition) is 2. The first-order chi connectivity index (χ1) is 9.09. The van der Waals surface area contributed by atoms with Crippen molar-refractivity contribution in [3.63, 3.8) is 0 Å². The van der Waals surface area contributed by atoms with Crippen molar-refractivity contribution in [3.8, 4) is 0 Å². The van der Waals surface area contributed by atoms with Crippen molar-refractivity contribution in [2.75, 3.05) is 6.54 Å². The molecule has 3 fully saturated rings. The average molecular weight is 263 g/mol. The number of rotatable bonds is 3. The van der Waals surface area contributed by atoms with Gasteiger partial charge in [-0.1, -0.05) is 20.3 Å². The van der Waals surface area contributed by atoms with Crippen LogP contribution in [-0.2, 0) is 4.79 Å². The summed E-state index contributed by atoms with van der Waals surface area (Å²) >= 11 is 0. The normalized spacial score (nSPS) is 36.9. The quantitative estimate of drug-likeness (QED) is 0.819. The Kier molecular flexibility index (Phi) is 3.27. The molecule has 2 N–H and O–H groups in total. The molecular weight excluding hydrogens is 238 g/mol. The Morgan fingerprint density at radius 2 is 2.11 bits per heavy atom. The van der Waals surface area contributed by atoms with Crippen LogP contribution in [0.3, 0.4) is 0 Å². The lowest BCUT2D eigenvalue weighted by molar-refractivity contribution is -0.125. The minimum atomic E-state index is -0.346. The molecule has 0 bridgehead atoms. The average Bonchev–Trinajstić information content (AvgIpc) is 3.16. The van der Waals surface area contributed by atoms with Gasteiger partial charge in [-0.25, -0.2) is 0 Å². The third-order valence-electron chi connectivity index (χ3n) is 4.72. The van der Waals surface area contributed by atoms with Gasteiger partial charge in [0, 0.05) is 6.54 Å². The van der Waals surface area contributed by atoms with Crippen LogP contribution in [0.1, 0.15) is 52.4 Å². The molecule has 0 aromatic rings. The highest BCUT2D eigenvalue weighted by molar-refractivity contribution is 6.09. The fraction of sp³-hybridized carbons (Fsp3) is 0.867. The van der Waals surface area contributed by atoms with E-state index >= 15 is 0 Å². The maximum absolute atomic E-state index is 12.3. The Bertz CT molecular complexity index is 400. The number of carbonyl (C=O) groups is 1. The molecule has 2 saturated carbocycles. The topological polar surface area (TPSA) is 53.5 Å². The number of hydrogen-bond acceptors (Lipinski definition) is 2. The Balaban J connectivity index is 1.69. The van der Waals surface area contributed by atoms with E-state index in [4.69, 9.17) is 0 Å². The lowest BCUT2D eigenvalue weighted by atomic mass is 9.74. The Hall–Kier alpha value is -1.06. The Labute approximate surface area is 115 Å². The van der Waals surface area contributed by atoms with Crippen LogP contribution in [0.15, 0.2) is 4.99 Å². The van der Waals surface area contributed by atoms with E-state index in [1.165, 1.54) is 25.7 Å². The summed E-state index contributed by atoms with van der Waals surface area (Å²) in [5.74, 6) is 3.02. The van der Waals surface area contributed by atoms with Crippen molar-refractivity contribution >= 4 is 11.9 Å². The van der Waals surface area contributed by atoms with Crippen LogP contribution in [0.2, 0.25) is 0 Å². The zero-order chi connectivity index (χ0) is 13.5. The number of nitrogens with one attached hydrogen (secondary N) is 2. The molecule has 0 aromatic carbocycles. The zero-order valence-electron chi connectivity index (χ0n) is 12.0. The first-order valence-electron chi connectivity index (χ1n) is 7.73. The van der Waals surface area contributed by atoms with E-state index < -0.39 is 0 Å². The minimum absolute atomic E-state index is 0.153. The SMILES string of the molecule is CC(C)CN=C1NC(=O)C2(CCCC(C3CC3)C2)N1. The van der Waals surface area contributed by atoms with Gasteiger partial charge in [-0.15, -0.1) is 0 Å². The molecule has 0 aromatic heterocycles. The van der Waals surface area contributed by atoms with Gasteiger partial charge in [0.05, 0.1) is 0 Å². The van der Waals surface area contributed by atoms with E-state index in [1.807, 2.05) is 0 Å². The summed E-state index contributed by atoms with van der Waals surface area (Å²) in [7, 11) is 0. The third kappa shape index (κ3) is 2.63. The van der Waals surface area contributed by atoms with Crippen LogP contribution >= 0.6 is 0 Å². The number of amides is 1. The predicted octanol–water partition coefficient (Wildman–Crippen LogP) is 2.06. The summed E-state index contributed by atoms with van der Waals surface area (Å²) in [6.07, 6.45) is 7.18. The molecule has 3 aliphatic rings. The maximum Gasteiger partial charge on any atom is 0.252 e. The monoisotopic (exact) mass is 263 g/mol. The van der Waals surface area contributed by atoms with Crippen LogP contribution in [-0.4, -0.2) is 24.0 Å². The van der Waals surface area contributed by atoms with Crippen LogP contribution in [0, 0.1) is 17.8 Å². The maximum atomic E-state index is 12.3. The number of guanidine groups is 1. The molecule has 4 heteroatoms. The molecule has 1 amide bonds. The van der Waals surface area contributed by atoms with Gasteiger partial charge in [-0.3, -0.25) is 15.1 Å². The van der Waals surface area contributed by atoms with E-state index in [-0.39, 0.29) is 11.4 Å². The standard InChI is InChI=1S/C15H25N3O/c1-10(2)9-16-14-17-13(19)15(18-14)7-3-4-12(8-15)11-5-6-11/h10-12H,3-9H2,1-2H3,(H2,16,17,18,19). The van der Waals surface area contributed by atoms with Crippen molar-refractivity contribution in [1.29, 1.82) is 0 Å². The summed E-state index contributed by atoms with van der Waals surface area (Å²) in [6, 6.07) is 0. The molecular formula is C15H25N3O. The van der Waals surface area contributed by atoms with E-state index in [1.54, 1.807) is 0 Å². The molecule has 3 rings (SSSR count). The molecule has 1 spiro atoms. The third-order valence-corrected chi connectivity index (χ3v) is 4.72. The van der Waals surface area contributed by atoms with Crippen molar-refractivity contribution < 1.29 is 4.79 Å². The largest absolute Gasteiger partial charge is 0.342 e. The summed E-state index contributed by atoms with van der Waals surface area (Å²) in [6.45, 7) is 5.05. The van der Waals surface area contributed by atoms with Gasteiger partial charge in [0.25, 0.3) is 5.91 Å². The van der Waals surface area contributed by atoms with Crippen molar-refractivity contribution in [1.82, 2.24) is 10.6 Å². The van der Waals surface area contributed by atoms with E-state index in [2.05, 4.69) is 29.5 Å². The summed E-state index contributed by atoms with van der Waals surface area (Å²) in [5, 5.41) is 6.36. The number of carbonyl (C=O) groups excluding carboxylic acids is 1. The lowest BCUT2D eigenvalue weighted by Crippen LogP contribution is -2.50.